The Kier molecular flexibility index (Phi) is 6.58. The third-order valence-corrected chi connectivity index (χ3v) is 5.97. The van der Waals surface area contributed by atoms with E-state index >= 15 is 0 Å². The molecule has 0 radical (unpaired) electrons. The van der Waals surface area contributed by atoms with Crippen LogP contribution in [-0.4, -0.2) is 31.5 Å². The van der Waals surface area contributed by atoms with Gasteiger partial charge in [-0.25, -0.2) is 13.4 Å². The van der Waals surface area contributed by atoms with Crippen LogP contribution in [0.4, 0.5) is 11.8 Å². The number of hydrogen-bond donors (Lipinski definition) is 1. The molecule has 2 N–H and O–H groups in total. The van der Waals surface area contributed by atoms with E-state index in [-0.39, 0.29) is 15.6 Å². The van der Waals surface area contributed by atoms with E-state index in [1.54, 1.807) is 12.1 Å². The number of anilines is 2. The van der Waals surface area contributed by atoms with E-state index in [2.05, 4.69) is 37.7 Å². The molecule has 0 aliphatic rings. The van der Waals surface area contributed by atoms with Crippen molar-refractivity contribution in [1.82, 2.24) is 9.97 Å². The molecule has 2 rings (SSSR count). The summed E-state index contributed by atoms with van der Waals surface area (Å²) in [4.78, 5) is 10.7. The zero-order chi connectivity index (χ0) is 19.3. The van der Waals surface area contributed by atoms with Crippen molar-refractivity contribution in [2.24, 2.45) is 0 Å². The monoisotopic (exact) mass is 376 g/mol. The summed E-state index contributed by atoms with van der Waals surface area (Å²) in [5, 5.41) is 0. The molecule has 0 amide bonds. The fraction of sp³-hybridized carbons (Fsp3) is 0.474. The second kappa shape index (κ2) is 8.49. The largest absolute Gasteiger partial charge is 0.382 e. The molecule has 26 heavy (non-hydrogen) atoms. The first-order chi connectivity index (χ1) is 12.3. The Morgan fingerprint density at radius 1 is 1.08 bits per heavy atom. The number of rotatable bonds is 8. The SMILES string of the molecule is CCCN(CCC)c1ncc(S(=O)(=O)c2ccc(C(C)C)cc2)c(N)n1. The predicted octanol–water partition coefficient (Wildman–Crippen LogP) is 3.64. The van der Waals surface area contributed by atoms with Crippen LogP contribution in [-0.2, 0) is 9.84 Å². The molecule has 0 fully saturated rings. The molecule has 0 unspecified atom stereocenters. The van der Waals surface area contributed by atoms with Crippen molar-refractivity contribution in [3.63, 3.8) is 0 Å². The number of nitrogens with zero attached hydrogens (tertiary/aromatic N) is 3. The molecule has 1 aromatic heterocycles. The third-order valence-electron chi connectivity index (χ3n) is 4.19. The van der Waals surface area contributed by atoms with Gasteiger partial charge in [0.05, 0.1) is 11.1 Å². The van der Waals surface area contributed by atoms with E-state index < -0.39 is 9.84 Å². The summed E-state index contributed by atoms with van der Waals surface area (Å²) in [6.45, 7) is 9.88. The molecule has 7 heteroatoms. The highest BCUT2D eigenvalue weighted by atomic mass is 32.2. The molecule has 0 spiro atoms. The molecule has 2 aromatic rings. The molecule has 0 bridgehead atoms. The van der Waals surface area contributed by atoms with Crippen molar-refractivity contribution in [2.45, 2.75) is 56.2 Å². The molecular weight excluding hydrogens is 348 g/mol. The Bertz CT molecular complexity index is 827. The molecule has 0 atom stereocenters. The van der Waals surface area contributed by atoms with Gasteiger partial charge in [-0.15, -0.1) is 0 Å². The molecule has 6 nitrogen and oxygen atoms in total. The van der Waals surface area contributed by atoms with E-state index in [4.69, 9.17) is 5.73 Å². The number of benzene rings is 1. The van der Waals surface area contributed by atoms with E-state index in [0.29, 0.717) is 11.9 Å². The Balaban J connectivity index is 2.38. The van der Waals surface area contributed by atoms with Crippen molar-refractivity contribution in [2.75, 3.05) is 23.7 Å². The standard InChI is InChI=1S/C19H28N4O2S/c1-5-11-23(12-6-2)19-21-13-17(18(20)22-19)26(24,25)16-9-7-15(8-10-16)14(3)4/h7-10,13-14H,5-6,11-12H2,1-4H3,(H2,20,21,22). The average Bonchev–Trinajstić information content (AvgIpc) is 2.61. The van der Waals surface area contributed by atoms with Crippen LogP contribution in [0.1, 0.15) is 52.0 Å². The Labute approximate surface area is 156 Å². The lowest BCUT2D eigenvalue weighted by Gasteiger charge is -2.21. The summed E-state index contributed by atoms with van der Waals surface area (Å²) in [5.74, 6) is 0.794. The van der Waals surface area contributed by atoms with Gasteiger partial charge in [0, 0.05) is 13.1 Å². The van der Waals surface area contributed by atoms with Crippen LogP contribution in [0, 0.1) is 0 Å². The highest BCUT2D eigenvalue weighted by molar-refractivity contribution is 7.91. The number of aromatic nitrogens is 2. The Morgan fingerprint density at radius 3 is 2.12 bits per heavy atom. The van der Waals surface area contributed by atoms with Crippen LogP contribution in [0.3, 0.4) is 0 Å². The van der Waals surface area contributed by atoms with E-state index in [1.807, 2.05) is 17.0 Å². The van der Waals surface area contributed by atoms with Crippen LogP contribution in [0.5, 0.6) is 0 Å². The van der Waals surface area contributed by atoms with Crippen molar-refractivity contribution in [3.05, 3.63) is 36.0 Å². The topological polar surface area (TPSA) is 89.2 Å². The van der Waals surface area contributed by atoms with Gasteiger partial charge in [0.2, 0.25) is 15.8 Å². The minimum absolute atomic E-state index is 0.0138. The first kappa shape index (κ1) is 20.2. The normalized spacial score (nSPS) is 11.7. The highest BCUT2D eigenvalue weighted by Crippen LogP contribution is 2.27. The average molecular weight is 377 g/mol. The second-order valence-electron chi connectivity index (χ2n) is 6.63. The molecule has 142 valence electrons. The lowest BCUT2D eigenvalue weighted by molar-refractivity contribution is 0.595. The molecule has 1 aromatic carbocycles. The second-order valence-corrected chi connectivity index (χ2v) is 8.55. The maximum atomic E-state index is 12.9. The Hall–Kier alpha value is -2.15. The molecule has 0 aliphatic carbocycles. The summed E-state index contributed by atoms with van der Waals surface area (Å²) in [6, 6.07) is 6.87. The van der Waals surface area contributed by atoms with Gasteiger partial charge < -0.3 is 10.6 Å². The number of nitrogens with two attached hydrogens (primary N) is 1. The fourth-order valence-corrected chi connectivity index (χ4v) is 4.00. The van der Waals surface area contributed by atoms with Gasteiger partial charge in [0.1, 0.15) is 10.7 Å². The van der Waals surface area contributed by atoms with Crippen LogP contribution in [0.2, 0.25) is 0 Å². The smallest absolute Gasteiger partial charge is 0.227 e. The van der Waals surface area contributed by atoms with Crippen LogP contribution in [0.15, 0.2) is 40.3 Å². The lowest BCUT2D eigenvalue weighted by atomic mass is 10.0. The van der Waals surface area contributed by atoms with Gasteiger partial charge in [-0.05, 0) is 36.5 Å². The zero-order valence-electron chi connectivity index (χ0n) is 15.9. The van der Waals surface area contributed by atoms with Gasteiger partial charge in [-0.3, -0.25) is 0 Å². The van der Waals surface area contributed by atoms with Crippen LogP contribution < -0.4 is 10.6 Å². The van der Waals surface area contributed by atoms with Crippen LogP contribution in [0.25, 0.3) is 0 Å². The summed E-state index contributed by atoms with van der Waals surface area (Å²) in [5.41, 5.74) is 7.08. The maximum Gasteiger partial charge on any atom is 0.227 e. The van der Waals surface area contributed by atoms with Crippen molar-refractivity contribution < 1.29 is 8.42 Å². The summed E-state index contributed by atoms with van der Waals surface area (Å²) in [7, 11) is -3.75. The number of sulfone groups is 1. The summed E-state index contributed by atoms with van der Waals surface area (Å²) in [6.07, 6.45) is 3.22. The van der Waals surface area contributed by atoms with E-state index in [0.717, 1.165) is 31.5 Å². The van der Waals surface area contributed by atoms with Gasteiger partial charge in [-0.1, -0.05) is 39.8 Å². The van der Waals surface area contributed by atoms with Gasteiger partial charge >= 0.3 is 0 Å². The lowest BCUT2D eigenvalue weighted by Crippen LogP contribution is -2.27. The minimum Gasteiger partial charge on any atom is -0.382 e. The zero-order valence-corrected chi connectivity index (χ0v) is 16.8. The molecule has 0 saturated carbocycles. The molecule has 0 saturated heterocycles. The van der Waals surface area contributed by atoms with Gasteiger partial charge in [0.25, 0.3) is 0 Å². The maximum absolute atomic E-state index is 12.9. The Morgan fingerprint density at radius 2 is 1.65 bits per heavy atom. The van der Waals surface area contributed by atoms with Crippen molar-refractivity contribution >= 4 is 21.6 Å². The van der Waals surface area contributed by atoms with E-state index in [1.165, 1.54) is 6.20 Å². The van der Waals surface area contributed by atoms with Crippen molar-refractivity contribution in [3.8, 4) is 0 Å². The molecule has 1 heterocycles. The minimum atomic E-state index is -3.75. The third kappa shape index (κ3) is 4.33. The predicted molar refractivity (Wildman–Crippen MR) is 105 cm³/mol. The summed E-state index contributed by atoms with van der Waals surface area (Å²) < 4.78 is 25.8. The molecule has 0 aliphatic heterocycles. The van der Waals surface area contributed by atoms with Crippen molar-refractivity contribution in [1.29, 1.82) is 0 Å². The fourth-order valence-electron chi connectivity index (χ4n) is 2.74. The number of nitrogen functional groups attached to an aromatic ring is 1. The van der Waals surface area contributed by atoms with E-state index in [9.17, 15) is 8.42 Å². The first-order valence-electron chi connectivity index (χ1n) is 9.03. The molecular formula is C19H28N4O2S. The quantitative estimate of drug-likeness (QED) is 0.756. The number of hydrogen-bond acceptors (Lipinski definition) is 6. The van der Waals surface area contributed by atoms with Gasteiger partial charge in [0.15, 0.2) is 0 Å². The van der Waals surface area contributed by atoms with Gasteiger partial charge in [-0.2, -0.15) is 4.98 Å². The highest BCUT2D eigenvalue weighted by Gasteiger charge is 2.23. The first-order valence-corrected chi connectivity index (χ1v) is 10.5. The summed E-state index contributed by atoms with van der Waals surface area (Å²) >= 11 is 0. The van der Waals surface area contributed by atoms with Crippen LogP contribution >= 0.6 is 0 Å².